The number of piperidine rings is 1. The molecule has 6 heteroatoms. The fourth-order valence-electron chi connectivity index (χ4n) is 4.43. The predicted octanol–water partition coefficient (Wildman–Crippen LogP) is 3.00. The van der Waals surface area contributed by atoms with Gasteiger partial charge in [0.1, 0.15) is 24.1 Å². The number of methoxy groups -OCH3 is 2. The van der Waals surface area contributed by atoms with E-state index in [9.17, 15) is 9.90 Å². The van der Waals surface area contributed by atoms with Gasteiger partial charge in [0.05, 0.1) is 43.8 Å². The van der Waals surface area contributed by atoms with E-state index in [4.69, 9.17) is 13.9 Å². The molecule has 0 aliphatic carbocycles. The number of hydrogen-bond acceptors (Lipinski definition) is 5. The van der Waals surface area contributed by atoms with Gasteiger partial charge in [-0.25, -0.2) is 0 Å². The monoisotopic (exact) mass is 410 g/mol. The van der Waals surface area contributed by atoms with E-state index in [0.717, 1.165) is 13.1 Å². The maximum Gasteiger partial charge on any atom is 0.200 e. The van der Waals surface area contributed by atoms with Gasteiger partial charge >= 0.3 is 0 Å². The van der Waals surface area contributed by atoms with Crippen molar-refractivity contribution in [3.8, 4) is 28.4 Å². The van der Waals surface area contributed by atoms with Crippen molar-refractivity contribution in [2.75, 3.05) is 27.3 Å². The number of rotatable bonds is 5. The molecule has 4 rings (SSSR count). The SMILES string of the molecule is COc1ccc(-c2coc3c(C[NH+]4CCC[C@H](C)C4)c(O)ccc3c2=O)cc1OC. The van der Waals surface area contributed by atoms with Crippen LogP contribution >= 0.6 is 0 Å². The minimum atomic E-state index is -0.133. The van der Waals surface area contributed by atoms with Crippen molar-refractivity contribution < 1.29 is 23.9 Å². The molecule has 0 radical (unpaired) electrons. The number of ether oxygens (including phenoxy) is 2. The van der Waals surface area contributed by atoms with Crippen LogP contribution in [0.25, 0.3) is 22.1 Å². The van der Waals surface area contributed by atoms with Crippen LogP contribution in [0.15, 0.2) is 45.8 Å². The molecule has 1 aromatic heterocycles. The number of quaternary nitrogens is 1. The normalized spacial score (nSPS) is 19.0. The molecule has 3 aromatic rings. The Morgan fingerprint density at radius 1 is 1.17 bits per heavy atom. The van der Waals surface area contributed by atoms with E-state index < -0.39 is 0 Å². The van der Waals surface area contributed by atoms with Crippen molar-refractivity contribution in [3.63, 3.8) is 0 Å². The Kier molecular flexibility index (Phi) is 5.68. The second-order valence-electron chi connectivity index (χ2n) is 8.12. The second kappa shape index (κ2) is 8.40. The van der Waals surface area contributed by atoms with Crippen LogP contribution in [0.5, 0.6) is 17.2 Å². The molecule has 1 aliphatic rings. The zero-order valence-corrected chi connectivity index (χ0v) is 17.7. The topological polar surface area (TPSA) is 73.3 Å². The highest BCUT2D eigenvalue weighted by Gasteiger charge is 2.24. The number of nitrogens with one attached hydrogen (secondary N) is 1. The van der Waals surface area contributed by atoms with Gasteiger partial charge in [0.25, 0.3) is 0 Å². The second-order valence-corrected chi connectivity index (χ2v) is 8.12. The molecule has 2 heterocycles. The quantitative estimate of drug-likeness (QED) is 0.677. The van der Waals surface area contributed by atoms with Crippen molar-refractivity contribution in [3.05, 3.63) is 52.4 Å². The minimum absolute atomic E-state index is 0.133. The van der Waals surface area contributed by atoms with Crippen LogP contribution in [-0.4, -0.2) is 32.4 Å². The lowest BCUT2D eigenvalue weighted by molar-refractivity contribution is -0.922. The average molecular weight is 410 g/mol. The molecule has 0 saturated carbocycles. The third-order valence-corrected chi connectivity index (χ3v) is 6.01. The summed E-state index contributed by atoms with van der Waals surface area (Å²) in [5.74, 6) is 1.98. The lowest BCUT2D eigenvalue weighted by Crippen LogP contribution is -3.12. The van der Waals surface area contributed by atoms with Crippen LogP contribution in [0.2, 0.25) is 0 Å². The third-order valence-electron chi connectivity index (χ3n) is 6.01. The number of hydrogen-bond donors (Lipinski definition) is 2. The Morgan fingerprint density at radius 3 is 2.70 bits per heavy atom. The number of aromatic hydroxyl groups is 1. The zero-order valence-electron chi connectivity index (χ0n) is 17.7. The standard InChI is InChI=1S/C24H27NO5/c1-15-5-4-10-25(12-15)13-18-20(26)8-7-17-23(27)19(14-30-24(17)18)16-6-9-21(28-2)22(11-16)29-3/h6-9,11,14-15,26H,4-5,10,12-13H2,1-3H3/p+1/t15-/m0/s1. The van der Waals surface area contributed by atoms with Crippen molar-refractivity contribution in [1.29, 1.82) is 0 Å². The molecule has 1 fully saturated rings. The van der Waals surface area contributed by atoms with Crippen LogP contribution in [0, 0.1) is 5.92 Å². The molecular weight excluding hydrogens is 382 g/mol. The average Bonchev–Trinajstić information content (AvgIpc) is 2.75. The van der Waals surface area contributed by atoms with Crippen LogP contribution in [0.3, 0.4) is 0 Å². The van der Waals surface area contributed by atoms with Gasteiger partial charge < -0.3 is 23.9 Å². The van der Waals surface area contributed by atoms with Gasteiger partial charge in [0.15, 0.2) is 11.5 Å². The van der Waals surface area contributed by atoms with E-state index >= 15 is 0 Å². The highest BCUT2D eigenvalue weighted by atomic mass is 16.5. The third kappa shape index (κ3) is 3.75. The maximum absolute atomic E-state index is 13.3. The Bertz CT molecular complexity index is 1120. The van der Waals surface area contributed by atoms with E-state index in [-0.39, 0.29) is 11.2 Å². The molecule has 0 spiro atoms. The molecule has 0 amide bonds. The fourth-order valence-corrected chi connectivity index (χ4v) is 4.43. The summed E-state index contributed by atoms with van der Waals surface area (Å²) in [5, 5.41) is 11.0. The Labute approximate surface area is 175 Å². The first-order chi connectivity index (χ1) is 14.5. The van der Waals surface area contributed by atoms with Crippen molar-refractivity contribution >= 4 is 11.0 Å². The molecule has 158 valence electrons. The molecule has 1 unspecified atom stereocenters. The van der Waals surface area contributed by atoms with Gasteiger partial charge in [-0.2, -0.15) is 0 Å². The lowest BCUT2D eigenvalue weighted by atomic mass is 9.99. The number of phenols is 1. The van der Waals surface area contributed by atoms with E-state index in [1.807, 2.05) is 0 Å². The summed E-state index contributed by atoms with van der Waals surface area (Å²) in [6.45, 7) is 5.03. The Morgan fingerprint density at radius 2 is 1.97 bits per heavy atom. The number of phenolic OH excluding ortho intramolecular Hbond substituents is 1. The van der Waals surface area contributed by atoms with Crippen molar-refractivity contribution in [2.45, 2.75) is 26.3 Å². The molecule has 6 nitrogen and oxygen atoms in total. The molecule has 30 heavy (non-hydrogen) atoms. The summed E-state index contributed by atoms with van der Waals surface area (Å²) >= 11 is 0. The van der Waals surface area contributed by atoms with Gasteiger partial charge in [-0.3, -0.25) is 4.79 Å². The molecule has 2 N–H and O–H groups in total. The van der Waals surface area contributed by atoms with Gasteiger partial charge in [-0.05, 0) is 42.7 Å². The highest BCUT2D eigenvalue weighted by molar-refractivity contribution is 5.85. The summed E-state index contributed by atoms with van der Waals surface area (Å²) in [6, 6.07) is 8.57. The maximum atomic E-state index is 13.3. The number of likely N-dealkylation sites (tertiary alicyclic amines) is 1. The molecule has 2 aromatic carbocycles. The van der Waals surface area contributed by atoms with E-state index in [1.54, 1.807) is 44.6 Å². The zero-order chi connectivity index (χ0) is 21.3. The summed E-state index contributed by atoms with van der Waals surface area (Å²) in [4.78, 5) is 14.7. The van der Waals surface area contributed by atoms with Crippen molar-refractivity contribution in [1.82, 2.24) is 0 Å². The lowest BCUT2D eigenvalue weighted by Gasteiger charge is -2.28. The van der Waals surface area contributed by atoms with Crippen LogP contribution < -0.4 is 19.8 Å². The molecular formula is C24H28NO5+. The van der Waals surface area contributed by atoms with Crippen molar-refractivity contribution in [2.24, 2.45) is 5.92 Å². The summed E-state index contributed by atoms with van der Waals surface area (Å²) in [7, 11) is 3.13. The van der Waals surface area contributed by atoms with Crippen LogP contribution in [0.4, 0.5) is 0 Å². The first-order valence-electron chi connectivity index (χ1n) is 10.3. The summed E-state index contributed by atoms with van der Waals surface area (Å²) in [5.41, 5.74) is 2.17. The van der Waals surface area contributed by atoms with Crippen LogP contribution in [0.1, 0.15) is 25.3 Å². The summed E-state index contributed by atoms with van der Waals surface area (Å²) in [6.07, 6.45) is 3.90. The molecule has 1 saturated heterocycles. The summed E-state index contributed by atoms with van der Waals surface area (Å²) < 4.78 is 16.6. The minimum Gasteiger partial charge on any atom is -0.507 e. The molecule has 1 aliphatic heterocycles. The first-order valence-corrected chi connectivity index (χ1v) is 10.3. The number of fused-ring (bicyclic) bond motifs is 1. The van der Waals surface area contributed by atoms with E-state index in [1.165, 1.54) is 24.0 Å². The van der Waals surface area contributed by atoms with Gasteiger partial charge in [-0.1, -0.05) is 13.0 Å². The van der Waals surface area contributed by atoms with E-state index in [2.05, 4.69) is 6.92 Å². The predicted molar refractivity (Wildman–Crippen MR) is 115 cm³/mol. The highest BCUT2D eigenvalue weighted by Crippen LogP contribution is 2.33. The van der Waals surface area contributed by atoms with E-state index in [0.29, 0.717) is 51.6 Å². The fraction of sp³-hybridized carbons (Fsp3) is 0.375. The van der Waals surface area contributed by atoms with Crippen LogP contribution in [-0.2, 0) is 6.54 Å². The van der Waals surface area contributed by atoms with Gasteiger partial charge in [0.2, 0.25) is 5.43 Å². The van der Waals surface area contributed by atoms with Gasteiger partial charge in [-0.15, -0.1) is 0 Å². The Hall–Kier alpha value is -2.99. The first kappa shape index (κ1) is 20.3. The Balaban J connectivity index is 1.77. The largest absolute Gasteiger partial charge is 0.507 e. The molecule has 0 bridgehead atoms. The smallest absolute Gasteiger partial charge is 0.200 e. The number of benzene rings is 2. The molecule has 2 atom stereocenters. The van der Waals surface area contributed by atoms with Gasteiger partial charge in [0, 0.05) is 5.92 Å².